The Morgan fingerprint density at radius 1 is 1.16 bits per heavy atom. The molecule has 2 aliphatic rings. The summed E-state index contributed by atoms with van der Waals surface area (Å²) >= 11 is 0. The Morgan fingerprint density at radius 2 is 1.84 bits per heavy atom. The van der Waals surface area contributed by atoms with Crippen LogP contribution in [0.1, 0.15) is 55.9 Å². The molecule has 1 aliphatic carbocycles. The average molecular weight is 261 g/mol. The molecule has 1 amide bonds. The number of rotatable bonds is 2. The van der Waals surface area contributed by atoms with Gasteiger partial charge in [0.25, 0.3) is 0 Å². The molecule has 104 valence electrons. The fourth-order valence-corrected chi connectivity index (χ4v) is 3.52. The molecule has 0 aromatic carbocycles. The van der Waals surface area contributed by atoms with Crippen LogP contribution in [0.2, 0.25) is 0 Å². The number of carbonyl (C=O) groups is 1. The number of hydrogen-bond donors (Lipinski definition) is 0. The third-order valence-corrected chi connectivity index (χ3v) is 4.51. The van der Waals surface area contributed by atoms with Crippen molar-refractivity contribution in [3.8, 4) is 0 Å². The van der Waals surface area contributed by atoms with Crippen molar-refractivity contribution in [2.75, 3.05) is 13.1 Å². The zero-order valence-electron chi connectivity index (χ0n) is 12.0. The Morgan fingerprint density at radius 3 is 2.58 bits per heavy atom. The molecule has 0 N–H and O–H groups in total. The number of fused-ring (bicyclic) bond motifs is 1. The van der Waals surface area contributed by atoms with Crippen LogP contribution in [0.3, 0.4) is 0 Å². The number of aromatic nitrogens is 2. The Kier molecular flexibility index (Phi) is 3.33. The van der Waals surface area contributed by atoms with Gasteiger partial charge in [-0.3, -0.25) is 4.79 Å². The van der Waals surface area contributed by atoms with Gasteiger partial charge in [-0.15, -0.1) is 0 Å². The summed E-state index contributed by atoms with van der Waals surface area (Å²) in [6, 6.07) is -0.0903. The van der Waals surface area contributed by atoms with Crippen molar-refractivity contribution < 1.29 is 4.79 Å². The number of likely N-dealkylation sites (tertiary alicyclic amines) is 1. The van der Waals surface area contributed by atoms with E-state index in [0.29, 0.717) is 0 Å². The van der Waals surface area contributed by atoms with E-state index in [1.807, 2.05) is 18.7 Å². The first-order valence-corrected chi connectivity index (χ1v) is 7.54. The molecule has 0 saturated carbocycles. The molecular formula is C15H23N3O. The summed E-state index contributed by atoms with van der Waals surface area (Å²) in [5, 5.41) is 0. The molecule has 2 heterocycles. The Hall–Kier alpha value is -1.32. The van der Waals surface area contributed by atoms with Gasteiger partial charge < -0.3 is 9.47 Å². The number of imidazole rings is 1. The minimum absolute atomic E-state index is 0.0903. The van der Waals surface area contributed by atoms with Crippen molar-refractivity contribution in [3.05, 3.63) is 17.2 Å². The smallest absolute Gasteiger partial charge is 0.245 e. The molecule has 1 aromatic rings. The summed E-state index contributed by atoms with van der Waals surface area (Å²) < 4.78 is 2.19. The van der Waals surface area contributed by atoms with E-state index < -0.39 is 0 Å². The van der Waals surface area contributed by atoms with Crippen LogP contribution in [-0.4, -0.2) is 33.4 Å². The summed E-state index contributed by atoms with van der Waals surface area (Å²) in [5.41, 5.74) is 2.54. The van der Waals surface area contributed by atoms with Gasteiger partial charge >= 0.3 is 0 Å². The molecule has 19 heavy (non-hydrogen) atoms. The molecule has 1 unspecified atom stereocenters. The minimum atomic E-state index is -0.0903. The monoisotopic (exact) mass is 261 g/mol. The Balaban J connectivity index is 1.88. The fourth-order valence-electron chi connectivity index (χ4n) is 3.52. The summed E-state index contributed by atoms with van der Waals surface area (Å²) in [5.74, 6) is 1.28. The lowest BCUT2D eigenvalue weighted by Gasteiger charge is -2.24. The second-order valence-electron chi connectivity index (χ2n) is 5.84. The first-order valence-electron chi connectivity index (χ1n) is 7.54. The van der Waals surface area contributed by atoms with Crippen molar-refractivity contribution in [1.82, 2.24) is 14.5 Å². The number of aryl methyl sites for hydroxylation is 2. The van der Waals surface area contributed by atoms with Crippen molar-refractivity contribution in [2.45, 2.75) is 58.4 Å². The summed E-state index contributed by atoms with van der Waals surface area (Å²) in [6.45, 7) is 5.93. The van der Waals surface area contributed by atoms with Crippen molar-refractivity contribution >= 4 is 5.91 Å². The van der Waals surface area contributed by atoms with Crippen LogP contribution in [-0.2, 0) is 17.6 Å². The second-order valence-corrected chi connectivity index (χ2v) is 5.84. The van der Waals surface area contributed by atoms with Gasteiger partial charge in [-0.05, 0) is 52.4 Å². The molecule has 1 saturated heterocycles. The molecule has 0 spiro atoms. The third-order valence-electron chi connectivity index (χ3n) is 4.51. The van der Waals surface area contributed by atoms with Crippen LogP contribution in [0.15, 0.2) is 0 Å². The van der Waals surface area contributed by atoms with E-state index in [2.05, 4.69) is 9.55 Å². The van der Waals surface area contributed by atoms with Gasteiger partial charge in [-0.1, -0.05) is 0 Å². The van der Waals surface area contributed by atoms with Gasteiger partial charge in [-0.25, -0.2) is 4.98 Å². The number of amides is 1. The highest BCUT2D eigenvalue weighted by Crippen LogP contribution is 2.26. The van der Waals surface area contributed by atoms with Gasteiger partial charge in [0.15, 0.2) is 0 Å². The van der Waals surface area contributed by atoms with Crippen molar-refractivity contribution in [1.29, 1.82) is 0 Å². The van der Waals surface area contributed by atoms with E-state index in [4.69, 9.17) is 0 Å². The quantitative estimate of drug-likeness (QED) is 0.819. The van der Waals surface area contributed by atoms with Crippen LogP contribution in [0.25, 0.3) is 0 Å². The summed E-state index contributed by atoms with van der Waals surface area (Å²) in [6.07, 6.45) is 6.92. The third kappa shape index (κ3) is 2.17. The predicted molar refractivity (Wildman–Crippen MR) is 74.1 cm³/mol. The van der Waals surface area contributed by atoms with Crippen LogP contribution in [0.4, 0.5) is 0 Å². The number of carbonyl (C=O) groups excluding carboxylic acids is 1. The minimum Gasteiger partial charge on any atom is -0.341 e. The molecule has 1 aliphatic heterocycles. The first-order chi connectivity index (χ1) is 9.18. The lowest BCUT2D eigenvalue weighted by Crippen LogP contribution is -2.35. The summed E-state index contributed by atoms with van der Waals surface area (Å²) in [7, 11) is 0. The highest BCUT2D eigenvalue weighted by atomic mass is 16.2. The maximum Gasteiger partial charge on any atom is 0.245 e. The Labute approximate surface area is 114 Å². The molecule has 1 atom stereocenters. The van der Waals surface area contributed by atoms with Gasteiger partial charge in [0, 0.05) is 18.8 Å². The van der Waals surface area contributed by atoms with Gasteiger partial charge in [-0.2, -0.15) is 0 Å². The maximum atomic E-state index is 12.6. The summed E-state index contributed by atoms with van der Waals surface area (Å²) in [4.78, 5) is 19.2. The molecule has 4 heteroatoms. The van der Waals surface area contributed by atoms with Crippen LogP contribution in [0, 0.1) is 6.92 Å². The molecule has 3 rings (SSSR count). The van der Waals surface area contributed by atoms with Crippen molar-refractivity contribution in [3.63, 3.8) is 0 Å². The van der Waals surface area contributed by atoms with Crippen molar-refractivity contribution in [2.24, 2.45) is 0 Å². The normalized spacial score (nSPS) is 20.4. The van der Waals surface area contributed by atoms with E-state index in [-0.39, 0.29) is 11.9 Å². The maximum absolute atomic E-state index is 12.6. The van der Waals surface area contributed by atoms with E-state index in [9.17, 15) is 4.79 Å². The van der Waals surface area contributed by atoms with Gasteiger partial charge in [0.05, 0.1) is 5.69 Å². The van der Waals surface area contributed by atoms with E-state index in [1.54, 1.807) is 0 Å². The Bertz CT molecular complexity index is 486. The molecule has 1 fully saturated rings. The zero-order chi connectivity index (χ0) is 13.4. The SMILES string of the molecule is Cc1nc2c(n1C(C)C(=O)N1CCCC1)CCCC2. The topological polar surface area (TPSA) is 38.1 Å². The highest BCUT2D eigenvalue weighted by molar-refractivity contribution is 5.80. The van der Waals surface area contributed by atoms with E-state index in [0.717, 1.165) is 44.6 Å². The molecular weight excluding hydrogens is 238 g/mol. The molecule has 1 aromatic heterocycles. The highest BCUT2D eigenvalue weighted by Gasteiger charge is 2.28. The van der Waals surface area contributed by atoms with Crippen LogP contribution < -0.4 is 0 Å². The largest absolute Gasteiger partial charge is 0.341 e. The fraction of sp³-hybridized carbons (Fsp3) is 0.733. The first kappa shape index (κ1) is 12.7. The number of hydrogen-bond acceptors (Lipinski definition) is 2. The van der Waals surface area contributed by atoms with Gasteiger partial charge in [0.1, 0.15) is 11.9 Å². The van der Waals surface area contributed by atoms with Crippen LogP contribution in [0.5, 0.6) is 0 Å². The zero-order valence-corrected chi connectivity index (χ0v) is 12.0. The van der Waals surface area contributed by atoms with Gasteiger partial charge in [0.2, 0.25) is 5.91 Å². The second kappa shape index (κ2) is 4.99. The molecule has 0 bridgehead atoms. The lowest BCUT2D eigenvalue weighted by molar-refractivity contribution is -0.133. The predicted octanol–water partition coefficient (Wildman–Crippen LogP) is 2.25. The number of nitrogens with zero attached hydrogens (tertiary/aromatic N) is 3. The van der Waals surface area contributed by atoms with E-state index in [1.165, 1.54) is 24.2 Å². The standard InChI is InChI=1S/C15H23N3O/c1-11(15(19)17-9-5-6-10-17)18-12(2)16-13-7-3-4-8-14(13)18/h11H,3-10H2,1-2H3. The van der Waals surface area contributed by atoms with Crippen LogP contribution >= 0.6 is 0 Å². The lowest BCUT2D eigenvalue weighted by atomic mass is 10.0. The average Bonchev–Trinajstić information content (AvgIpc) is 3.03. The van der Waals surface area contributed by atoms with E-state index >= 15 is 0 Å². The molecule has 4 nitrogen and oxygen atoms in total. The molecule has 0 radical (unpaired) electrons.